The number of benzene rings is 3. The minimum absolute atomic E-state index is 0.0998. The molecule has 5 rings (SSSR count). The van der Waals surface area contributed by atoms with Gasteiger partial charge in [-0.15, -0.1) is 0 Å². The summed E-state index contributed by atoms with van der Waals surface area (Å²) in [7, 11) is 4.13. The Morgan fingerprint density at radius 2 is 1.80 bits per heavy atom. The van der Waals surface area contributed by atoms with E-state index in [0.29, 0.717) is 29.8 Å². The van der Waals surface area contributed by atoms with Crippen LogP contribution in [0.2, 0.25) is 0 Å². The smallest absolute Gasteiger partial charge is 0.330 e. The van der Waals surface area contributed by atoms with Gasteiger partial charge >= 0.3 is 5.69 Å². The van der Waals surface area contributed by atoms with Gasteiger partial charge in [-0.1, -0.05) is 30.3 Å². The standard InChI is InChI=1S/C33H34F2N4O6/c1-18-20(7-6-10-26(18)37-31(41)24-16-38(2)33(43)39(3)32(24)42)22-9-5-8-21(30(22)35)19-13-25(34)23(29(14-19)44-4)15-36-27-11-12-45-17-28(27)40/h5-10,13-14,16,27-28,36,40H,11-12,15,17H2,1-4H3,(H,37,41)/t27-,28+/m0/s1. The number of rotatable bonds is 8. The fourth-order valence-corrected chi connectivity index (χ4v) is 5.49. The quantitative estimate of drug-likeness (QED) is 0.276. The van der Waals surface area contributed by atoms with Gasteiger partial charge in [-0.05, 0) is 48.2 Å². The number of aliphatic hydroxyl groups excluding tert-OH is 1. The molecule has 1 aliphatic heterocycles. The maximum atomic E-state index is 16.2. The number of nitrogens with zero attached hydrogens (tertiary/aromatic N) is 2. The molecule has 3 N–H and O–H groups in total. The van der Waals surface area contributed by atoms with Gasteiger partial charge < -0.3 is 29.8 Å². The predicted octanol–water partition coefficient (Wildman–Crippen LogP) is 3.50. The zero-order valence-electron chi connectivity index (χ0n) is 25.3. The summed E-state index contributed by atoms with van der Waals surface area (Å²) in [6, 6.07) is 12.3. The van der Waals surface area contributed by atoms with Crippen LogP contribution >= 0.6 is 0 Å². The average Bonchev–Trinajstić information content (AvgIpc) is 3.02. The van der Waals surface area contributed by atoms with Crippen molar-refractivity contribution in [2.45, 2.75) is 32.0 Å². The van der Waals surface area contributed by atoms with Crippen LogP contribution in [0.15, 0.2) is 64.3 Å². The second-order valence-corrected chi connectivity index (χ2v) is 11.0. The zero-order chi connectivity index (χ0) is 32.4. The molecule has 0 radical (unpaired) electrons. The van der Waals surface area contributed by atoms with E-state index >= 15 is 8.78 Å². The molecule has 0 spiro atoms. The van der Waals surface area contributed by atoms with Crippen molar-refractivity contribution in [1.29, 1.82) is 0 Å². The maximum absolute atomic E-state index is 16.2. The first kappa shape index (κ1) is 31.8. The molecule has 0 bridgehead atoms. The molecule has 1 aliphatic rings. The molecular weight excluding hydrogens is 586 g/mol. The highest BCUT2D eigenvalue weighted by Gasteiger charge is 2.25. The lowest BCUT2D eigenvalue weighted by Gasteiger charge is -2.29. The second-order valence-electron chi connectivity index (χ2n) is 11.0. The first-order valence-electron chi connectivity index (χ1n) is 14.3. The van der Waals surface area contributed by atoms with Crippen LogP contribution in [0, 0.1) is 18.6 Å². The van der Waals surface area contributed by atoms with Gasteiger partial charge in [0.05, 0.1) is 19.8 Å². The van der Waals surface area contributed by atoms with E-state index in [1.807, 2.05) is 0 Å². The van der Waals surface area contributed by atoms with Crippen molar-refractivity contribution in [3.05, 3.63) is 104 Å². The first-order chi connectivity index (χ1) is 21.5. The van der Waals surface area contributed by atoms with Crippen LogP contribution < -0.4 is 26.6 Å². The van der Waals surface area contributed by atoms with E-state index in [9.17, 15) is 19.5 Å². The monoisotopic (exact) mass is 620 g/mol. The Hall–Kier alpha value is -4.65. The Morgan fingerprint density at radius 3 is 2.53 bits per heavy atom. The number of carbonyl (C=O) groups is 1. The number of hydrogen-bond acceptors (Lipinski definition) is 7. The Balaban J connectivity index is 1.45. The molecule has 2 heterocycles. The summed E-state index contributed by atoms with van der Waals surface area (Å²) in [6.45, 7) is 2.50. The zero-order valence-corrected chi connectivity index (χ0v) is 25.3. The third-order valence-corrected chi connectivity index (χ3v) is 8.11. The number of nitrogens with one attached hydrogen (secondary N) is 2. The van der Waals surface area contributed by atoms with Gasteiger partial charge in [0.1, 0.15) is 22.9 Å². The molecule has 12 heteroatoms. The van der Waals surface area contributed by atoms with Crippen molar-refractivity contribution in [2.24, 2.45) is 14.1 Å². The molecule has 0 unspecified atom stereocenters. The van der Waals surface area contributed by atoms with Crippen molar-refractivity contribution in [3.8, 4) is 28.0 Å². The summed E-state index contributed by atoms with van der Waals surface area (Å²) in [6.07, 6.45) is 1.04. The normalized spacial score (nSPS) is 16.4. The highest BCUT2D eigenvalue weighted by Crippen LogP contribution is 2.37. The number of carbonyl (C=O) groups excluding carboxylic acids is 1. The lowest BCUT2D eigenvalue weighted by atomic mass is 9.94. The predicted molar refractivity (Wildman–Crippen MR) is 165 cm³/mol. The molecule has 4 aromatic rings. The summed E-state index contributed by atoms with van der Waals surface area (Å²) >= 11 is 0. The number of aryl methyl sites for hydroxylation is 1. The molecule has 1 aromatic heterocycles. The van der Waals surface area contributed by atoms with Crippen molar-refractivity contribution in [1.82, 2.24) is 14.5 Å². The van der Waals surface area contributed by atoms with Crippen molar-refractivity contribution in [2.75, 3.05) is 25.6 Å². The number of hydrogen-bond donors (Lipinski definition) is 3. The van der Waals surface area contributed by atoms with Crippen LogP contribution in [0.4, 0.5) is 14.5 Å². The van der Waals surface area contributed by atoms with E-state index < -0.39 is 34.9 Å². The maximum Gasteiger partial charge on any atom is 0.330 e. The topological polar surface area (TPSA) is 124 Å². The van der Waals surface area contributed by atoms with Gasteiger partial charge in [0, 0.05) is 61.9 Å². The van der Waals surface area contributed by atoms with Gasteiger partial charge in [0.15, 0.2) is 0 Å². The number of anilines is 1. The highest BCUT2D eigenvalue weighted by molar-refractivity contribution is 6.04. The van der Waals surface area contributed by atoms with Gasteiger partial charge in [0.2, 0.25) is 0 Å². The Labute approximate surface area is 257 Å². The molecule has 1 saturated heterocycles. The largest absolute Gasteiger partial charge is 0.496 e. The van der Waals surface area contributed by atoms with Gasteiger partial charge in [0.25, 0.3) is 11.5 Å². The van der Waals surface area contributed by atoms with Crippen LogP contribution in [0.3, 0.4) is 0 Å². The van der Waals surface area contributed by atoms with E-state index in [1.165, 1.54) is 33.5 Å². The number of halogens is 2. The number of aliphatic hydroxyl groups is 1. The number of ether oxygens (including phenoxy) is 2. The molecule has 2 atom stereocenters. The average molecular weight is 621 g/mol. The van der Waals surface area contributed by atoms with Crippen LogP contribution in [0.25, 0.3) is 22.3 Å². The van der Waals surface area contributed by atoms with E-state index in [-0.39, 0.29) is 52.8 Å². The summed E-state index contributed by atoms with van der Waals surface area (Å²) in [4.78, 5) is 37.6. The molecule has 1 fully saturated rings. The van der Waals surface area contributed by atoms with E-state index in [0.717, 1.165) is 9.13 Å². The molecule has 0 saturated carbocycles. The summed E-state index contributed by atoms with van der Waals surface area (Å²) in [5.74, 6) is -1.68. The summed E-state index contributed by atoms with van der Waals surface area (Å²) in [5.41, 5.74) is 0.707. The lowest BCUT2D eigenvalue weighted by Crippen LogP contribution is -2.46. The van der Waals surface area contributed by atoms with Gasteiger partial charge in [-0.3, -0.25) is 14.2 Å². The lowest BCUT2D eigenvalue weighted by molar-refractivity contribution is -0.0281. The Kier molecular flexibility index (Phi) is 9.28. The van der Waals surface area contributed by atoms with Crippen LogP contribution in [0.5, 0.6) is 5.75 Å². The van der Waals surface area contributed by atoms with Crippen molar-refractivity contribution >= 4 is 11.6 Å². The Bertz CT molecular complexity index is 1890. The minimum atomic E-state index is -0.742. The van der Waals surface area contributed by atoms with E-state index in [2.05, 4.69) is 10.6 Å². The first-order valence-corrected chi connectivity index (χ1v) is 14.3. The number of aromatic nitrogens is 2. The van der Waals surface area contributed by atoms with Gasteiger partial charge in [-0.2, -0.15) is 0 Å². The molecule has 3 aromatic carbocycles. The van der Waals surface area contributed by atoms with Crippen LogP contribution in [-0.2, 0) is 25.4 Å². The number of methoxy groups -OCH3 is 1. The molecular formula is C33H34F2N4O6. The molecule has 45 heavy (non-hydrogen) atoms. The molecule has 10 nitrogen and oxygen atoms in total. The van der Waals surface area contributed by atoms with E-state index in [4.69, 9.17) is 9.47 Å². The summed E-state index contributed by atoms with van der Waals surface area (Å²) < 4.78 is 44.3. The molecule has 0 aliphatic carbocycles. The van der Waals surface area contributed by atoms with Crippen molar-refractivity contribution in [3.63, 3.8) is 0 Å². The van der Waals surface area contributed by atoms with Crippen LogP contribution in [0.1, 0.15) is 27.9 Å². The summed E-state index contributed by atoms with van der Waals surface area (Å²) in [5, 5.41) is 16.0. The Morgan fingerprint density at radius 1 is 1.09 bits per heavy atom. The third kappa shape index (κ3) is 6.30. The SMILES string of the molecule is COc1cc(-c2cccc(-c3cccc(NC(=O)c4cn(C)c(=O)n(C)c4=O)c3C)c2F)cc(F)c1CN[C@H]1CCOC[C@H]1O. The second kappa shape index (κ2) is 13.1. The number of amides is 1. The fourth-order valence-electron chi connectivity index (χ4n) is 5.49. The van der Waals surface area contributed by atoms with E-state index in [1.54, 1.807) is 49.4 Å². The third-order valence-electron chi connectivity index (χ3n) is 8.11. The van der Waals surface area contributed by atoms with Crippen LogP contribution in [-0.4, -0.2) is 52.6 Å². The fraction of sp³-hybridized carbons (Fsp3) is 0.303. The minimum Gasteiger partial charge on any atom is -0.496 e. The highest BCUT2D eigenvalue weighted by atomic mass is 19.1. The van der Waals surface area contributed by atoms with Crippen molar-refractivity contribution < 1.29 is 28.2 Å². The molecule has 236 valence electrons. The van der Waals surface area contributed by atoms with Gasteiger partial charge in [-0.25, -0.2) is 13.6 Å². The molecule has 1 amide bonds.